The van der Waals surface area contributed by atoms with E-state index in [1.807, 2.05) is 24.1 Å². The molecule has 0 amide bonds. The molecule has 0 spiro atoms. The van der Waals surface area contributed by atoms with Crippen LogP contribution >= 0.6 is 0 Å². The molecular formula is C18H23FN2. The fourth-order valence-corrected chi connectivity index (χ4v) is 2.41. The Kier molecular flexibility index (Phi) is 4.97. The first-order valence-corrected chi connectivity index (χ1v) is 7.36. The van der Waals surface area contributed by atoms with E-state index in [-0.39, 0.29) is 11.9 Å². The van der Waals surface area contributed by atoms with E-state index in [4.69, 9.17) is 5.73 Å². The summed E-state index contributed by atoms with van der Waals surface area (Å²) >= 11 is 0. The Balaban J connectivity index is 2.26. The third kappa shape index (κ3) is 3.61. The van der Waals surface area contributed by atoms with Crippen LogP contribution in [0.25, 0.3) is 0 Å². The fraction of sp³-hybridized carbons (Fsp3) is 0.333. The van der Waals surface area contributed by atoms with Gasteiger partial charge in [0.15, 0.2) is 0 Å². The molecule has 2 aromatic carbocycles. The van der Waals surface area contributed by atoms with Gasteiger partial charge in [0.25, 0.3) is 0 Å². The molecule has 112 valence electrons. The lowest BCUT2D eigenvalue weighted by atomic mass is 9.99. The van der Waals surface area contributed by atoms with Crippen molar-refractivity contribution in [2.24, 2.45) is 5.73 Å². The number of hydrogen-bond acceptors (Lipinski definition) is 2. The summed E-state index contributed by atoms with van der Waals surface area (Å²) in [6.45, 7) is 4.18. The average Bonchev–Trinajstić information content (AvgIpc) is 2.49. The van der Waals surface area contributed by atoms with Crippen LogP contribution < -0.4 is 10.6 Å². The molecule has 0 radical (unpaired) electrons. The number of rotatable bonds is 5. The highest BCUT2D eigenvalue weighted by Gasteiger charge is 2.11. The van der Waals surface area contributed by atoms with Crippen molar-refractivity contribution < 1.29 is 4.39 Å². The highest BCUT2D eigenvalue weighted by atomic mass is 19.1. The second-order valence-corrected chi connectivity index (χ2v) is 5.49. The Morgan fingerprint density at radius 3 is 2.52 bits per heavy atom. The summed E-state index contributed by atoms with van der Waals surface area (Å²) in [7, 11) is 1.88. The van der Waals surface area contributed by atoms with Gasteiger partial charge in [-0.15, -0.1) is 0 Å². The predicted molar refractivity (Wildman–Crippen MR) is 87.6 cm³/mol. The Morgan fingerprint density at radius 2 is 1.90 bits per heavy atom. The lowest BCUT2D eigenvalue weighted by Gasteiger charge is -2.22. The smallest absolute Gasteiger partial charge is 0.146 e. The van der Waals surface area contributed by atoms with Gasteiger partial charge in [-0.25, -0.2) is 4.39 Å². The summed E-state index contributed by atoms with van der Waals surface area (Å²) in [6.07, 6.45) is 1.85. The van der Waals surface area contributed by atoms with Gasteiger partial charge < -0.3 is 10.6 Å². The third-order valence-corrected chi connectivity index (χ3v) is 3.93. The van der Waals surface area contributed by atoms with Crippen LogP contribution in [0.15, 0.2) is 42.5 Å². The Bertz CT molecular complexity index is 610. The second-order valence-electron chi connectivity index (χ2n) is 5.49. The summed E-state index contributed by atoms with van der Waals surface area (Å²) in [5.74, 6) is -0.213. The number of nitrogens with zero attached hydrogens (tertiary/aromatic N) is 1. The molecule has 0 aliphatic carbocycles. The van der Waals surface area contributed by atoms with Crippen molar-refractivity contribution >= 4 is 11.4 Å². The van der Waals surface area contributed by atoms with E-state index in [0.29, 0.717) is 5.69 Å². The number of nitrogens with two attached hydrogens (primary N) is 1. The zero-order valence-electron chi connectivity index (χ0n) is 12.9. The molecule has 0 bridgehead atoms. The molecule has 2 N–H and O–H groups in total. The lowest BCUT2D eigenvalue weighted by molar-refractivity contribution is 0.627. The second kappa shape index (κ2) is 6.72. The van der Waals surface area contributed by atoms with E-state index in [0.717, 1.165) is 18.5 Å². The van der Waals surface area contributed by atoms with Gasteiger partial charge in [0.05, 0.1) is 5.69 Å². The van der Waals surface area contributed by atoms with Crippen LogP contribution in [0.1, 0.15) is 24.5 Å². The van der Waals surface area contributed by atoms with Crippen LogP contribution in [0.3, 0.4) is 0 Å². The summed E-state index contributed by atoms with van der Waals surface area (Å²) in [4.78, 5) is 1.87. The van der Waals surface area contributed by atoms with Gasteiger partial charge in [0.2, 0.25) is 0 Å². The molecule has 0 heterocycles. The van der Waals surface area contributed by atoms with Gasteiger partial charge in [-0.3, -0.25) is 0 Å². The maximum Gasteiger partial charge on any atom is 0.146 e. The molecule has 2 rings (SSSR count). The summed E-state index contributed by atoms with van der Waals surface area (Å²) < 4.78 is 13.9. The first-order valence-electron chi connectivity index (χ1n) is 7.36. The summed E-state index contributed by atoms with van der Waals surface area (Å²) in [5.41, 5.74) is 10.0. The zero-order chi connectivity index (χ0) is 15.4. The molecule has 0 saturated heterocycles. The zero-order valence-corrected chi connectivity index (χ0v) is 12.9. The van der Waals surface area contributed by atoms with Crippen molar-refractivity contribution in [2.45, 2.75) is 32.7 Å². The van der Waals surface area contributed by atoms with Crippen LogP contribution in [-0.4, -0.2) is 13.1 Å². The number of aryl methyl sites for hydroxylation is 1. The van der Waals surface area contributed by atoms with Gasteiger partial charge in [-0.1, -0.05) is 25.1 Å². The summed E-state index contributed by atoms with van der Waals surface area (Å²) in [5, 5.41) is 0. The molecular weight excluding hydrogens is 263 g/mol. The molecule has 2 aromatic rings. The molecule has 0 saturated carbocycles. The number of halogens is 1. The SMILES string of the molecule is CCC(N)Cc1ccc(N(C)c2ccccc2F)cc1C. The first-order chi connectivity index (χ1) is 10.0. The topological polar surface area (TPSA) is 29.3 Å². The van der Waals surface area contributed by atoms with Gasteiger partial charge in [-0.05, 0) is 55.2 Å². The van der Waals surface area contributed by atoms with Gasteiger partial charge in [-0.2, -0.15) is 0 Å². The molecule has 0 aliphatic rings. The largest absolute Gasteiger partial charge is 0.342 e. The lowest BCUT2D eigenvalue weighted by Crippen LogP contribution is -2.22. The molecule has 0 fully saturated rings. The molecule has 1 atom stereocenters. The maximum atomic E-state index is 13.9. The molecule has 21 heavy (non-hydrogen) atoms. The van der Waals surface area contributed by atoms with Crippen LogP contribution in [0.5, 0.6) is 0 Å². The Morgan fingerprint density at radius 1 is 1.19 bits per heavy atom. The molecule has 0 aromatic heterocycles. The molecule has 0 aliphatic heterocycles. The van der Waals surface area contributed by atoms with E-state index < -0.39 is 0 Å². The van der Waals surface area contributed by atoms with Gasteiger partial charge in [0.1, 0.15) is 5.82 Å². The average molecular weight is 286 g/mol. The predicted octanol–water partition coefficient (Wildman–Crippen LogP) is 4.18. The van der Waals surface area contributed by atoms with Crippen molar-refractivity contribution in [1.82, 2.24) is 0 Å². The minimum absolute atomic E-state index is 0.193. The van der Waals surface area contributed by atoms with Crippen LogP contribution in [0, 0.1) is 12.7 Å². The van der Waals surface area contributed by atoms with Crippen LogP contribution in [0.2, 0.25) is 0 Å². The van der Waals surface area contributed by atoms with Crippen LogP contribution in [-0.2, 0) is 6.42 Å². The maximum absolute atomic E-state index is 13.9. The van der Waals surface area contributed by atoms with Crippen molar-refractivity contribution in [2.75, 3.05) is 11.9 Å². The van der Waals surface area contributed by atoms with E-state index >= 15 is 0 Å². The minimum atomic E-state index is -0.213. The van der Waals surface area contributed by atoms with Crippen molar-refractivity contribution in [1.29, 1.82) is 0 Å². The quantitative estimate of drug-likeness (QED) is 0.893. The van der Waals surface area contributed by atoms with E-state index in [9.17, 15) is 4.39 Å². The monoisotopic (exact) mass is 286 g/mol. The van der Waals surface area contributed by atoms with E-state index in [1.165, 1.54) is 17.2 Å². The number of benzene rings is 2. The Labute approximate surface area is 126 Å². The van der Waals surface area contributed by atoms with Crippen molar-refractivity contribution in [3.63, 3.8) is 0 Å². The minimum Gasteiger partial charge on any atom is -0.342 e. The van der Waals surface area contributed by atoms with E-state index in [1.54, 1.807) is 12.1 Å². The standard InChI is InChI=1S/C18H23FN2/c1-4-15(20)12-14-9-10-16(11-13(14)2)21(3)18-8-6-5-7-17(18)19/h5-11,15H,4,12,20H2,1-3H3. The molecule has 1 unspecified atom stereocenters. The molecule has 3 heteroatoms. The highest BCUT2D eigenvalue weighted by Crippen LogP contribution is 2.27. The first kappa shape index (κ1) is 15.5. The number of para-hydroxylation sites is 1. The van der Waals surface area contributed by atoms with Gasteiger partial charge in [0, 0.05) is 18.8 Å². The number of hydrogen-bond donors (Lipinski definition) is 1. The van der Waals surface area contributed by atoms with Gasteiger partial charge >= 0.3 is 0 Å². The van der Waals surface area contributed by atoms with E-state index in [2.05, 4.69) is 26.0 Å². The third-order valence-electron chi connectivity index (χ3n) is 3.93. The highest BCUT2D eigenvalue weighted by molar-refractivity contribution is 5.64. The van der Waals surface area contributed by atoms with Crippen molar-refractivity contribution in [3.8, 4) is 0 Å². The number of anilines is 2. The molecule has 2 nitrogen and oxygen atoms in total. The normalized spacial score (nSPS) is 12.2. The summed E-state index contributed by atoms with van der Waals surface area (Å²) in [6, 6.07) is 13.2. The van der Waals surface area contributed by atoms with Crippen molar-refractivity contribution in [3.05, 3.63) is 59.4 Å². The van der Waals surface area contributed by atoms with Crippen LogP contribution in [0.4, 0.5) is 15.8 Å². The Hall–Kier alpha value is -1.87. The fourth-order valence-electron chi connectivity index (χ4n) is 2.41.